The Morgan fingerprint density at radius 3 is 2.38 bits per heavy atom. The van der Waals surface area contributed by atoms with Gasteiger partial charge in [-0.15, -0.1) is 0 Å². The summed E-state index contributed by atoms with van der Waals surface area (Å²) in [6, 6.07) is 13.4. The first-order chi connectivity index (χ1) is 10.1. The molecule has 0 saturated carbocycles. The van der Waals surface area contributed by atoms with Gasteiger partial charge in [0.15, 0.2) is 5.70 Å². The summed E-state index contributed by atoms with van der Waals surface area (Å²) < 4.78 is 18.0. The number of halogens is 1. The lowest BCUT2D eigenvalue weighted by atomic mass is 10.1. The van der Waals surface area contributed by atoms with Crippen molar-refractivity contribution in [2.24, 2.45) is 4.99 Å². The number of hydrogen-bond donors (Lipinski definition) is 0. The molecule has 0 aromatic heterocycles. The van der Waals surface area contributed by atoms with Crippen LogP contribution in [0.4, 0.5) is 4.39 Å². The maximum atomic E-state index is 12.9. The highest BCUT2D eigenvalue weighted by Crippen LogP contribution is 2.19. The molecule has 0 bridgehead atoms. The summed E-state index contributed by atoms with van der Waals surface area (Å²) in [5.41, 5.74) is 2.76. The summed E-state index contributed by atoms with van der Waals surface area (Å²) in [6.45, 7) is 1.98. The number of carbonyl (C=O) groups is 1. The fraction of sp³-hybridized carbons (Fsp3) is 0.0588. The zero-order chi connectivity index (χ0) is 14.8. The largest absolute Gasteiger partial charge is 0.402 e. The SMILES string of the molecule is Cc1ccc(C2=N/C(=C\c3ccc(F)cc3)C(=O)O2)cc1. The molecule has 0 N–H and O–H groups in total. The van der Waals surface area contributed by atoms with Crippen molar-refractivity contribution in [1.82, 2.24) is 0 Å². The summed E-state index contributed by atoms with van der Waals surface area (Å²) in [6.07, 6.45) is 1.57. The molecule has 3 nitrogen and oxygen atoms in total. The molecular weight excluding hydrogens is 269 g/mol. The van der Waals surface area contributed by atoms with Crippen LogP contribution < -0.4 is 0 Å². The molecule has 2 aromatic carbocycles. The van der Waals surface area contributed by atoms with Crippen LogP contribution in [0.3, 0.4) is 0 Å². The van der Waals surface area contributed by atoms with Crippen molar-refractivity contribution < 1.29 is 13.9 Å². The minimum absolute atomic E-state index is 0.206. The number of ether oxygens (including phenoxy) is 1. The molecule has 0 amide bonds. The molecule has 0 saturated heterocycles. The van der Waals surface area contributed by atoms with Crippen molar-refractivity contribution in [2.45, 2.75) is 6.92 Å². The number of aliphatic imine (C=N–C) groups is 1. The zero-order valence-electron chi connectivity index (χ0n) is 11.3. The average Bonchev–Trinajstić information content (AvgIpc) is 2.83. The van der Waals surface area contributed by atoms with Gasteiger partial charge >= 0.3 is 5.97 Å². The highest BCUT2D eigenvalue weighted by Gasteiger charge is 2.23. The lowest BCUT2D eigenvalue weighted by molar-refractivity contribution is -0.129. The molecule has 21 heavy (non-hydrogen) atoms. The average molecular weight is 281 g/mol. The van der Waals surface area contributed by atoms with E-state index in [-0.39, 0.29) is 17.4 Å². The second-order valence-electron chi connectivity index (χ2n) is 4.75. The van der Waals surface area contributed by atoms with Gasteiger partial charge in [-0.25, -0.2) is 14.2 Å². The molecule has 104 valence electrons. The first-order valence-corrected chi connectivity index (χ1v) is 6.47. The van der Waals surface area contributed by atoms with Gasteiger partial charge in [0.05, 0.1) is 0 Å². The predicted molar refractivity (Wildman–Crippen MR) is 78.2 cm³/mol. The maximum absolute atomic E-state index is 12.9. The van der Waals surface area contributed by atoms with Gasteiger partial charge in [0.1, 0.15) is 5.82 Å². The second kappa shape index (κ2) is 5.32. The van der Waals surface area contributed by atoms with Crippen molar-refractivity contribution in [3.05, 3.63) is 76.7 Å². The van der Waals surface area contributed by atoms with Crippen LogP contribution in [0, 0.1) is 12.7 Å². The van der Waals surface area contributed by atoms with Crippen molar-refractivity contribution in [1.29, 1.82) is 0 Å². The number of benzene rings is 2. The van der Waals surface area contributed by atoms with Crippen LogP contribution in [0.5, 0.6) is 0 Å². The van der Waals surface area contributed by atoms with E-state index in [1.165, 1.54) is 12.1 Å². The Morgan fingerprint density at radius 2 is 1.71 bits per heavy atom. The molecule has 4 heteroatoms. The Balaban J connectivity index is 1.91. The zero-order valence-corrected chi connectivity index (χ0v) is 11.3. The van der Waals surface area contributed by atoms with Crippen molar-refractivity contribution in [2.75, 3.05) is 0 Å². The first kappa shape index (κ1) is 13.2. The topological polar surface area (TPSA) is 38.7 Å². The second-order valence-corrected chi connectivity index (χ2v) is 4.75. The Hall–Kier alpha value is -2.75. The summed E-state index contributed by atoms with van der Waals surface area (Å²) in [5.74, 6) is -0.543. The fourth-order valence-electron chi connectivity index (χ4n) is 1.95. The van der Waals surface area contributed by atoms with Gasteiger partial charge in [-0.05, 0) is 42.8 Å². The van der Waals surface area contributed by atoms with Crippen LogP contribution in [0.1, 0.15) is 16.7 Å². The Labute approximate surface area is 121 Å². The molecule has 2 aromatic rings. The third-order valence-electron chi connectivity index (χ3n) is 3.09. The minimum atomic E-state index is -0.505. The smallest absolute Gasteiger partial charge is 0.363 e. The van der Waals surface area contributed by atoms with E-state index in [0.29, 0.717) is 5.56 Å². The van der Waals surface area contributed by atoms with Gasteiger partial charge in [-0.1, -0.05) is 29.8 Å². The van der Waals surface area contributed by atoms with Crippen LogP contribution >= 0.6 is 0 Å². The Bertz CT molecular complexity index is 743. The molecule has 1 aliphatic heterocycles. The van der Waals surface area contributed by atoms with Crippen molar-refractivity contribution in [3.8, 4) is 0 Å². The number of rotatable bonds is 2. The number of hydrogen-bond acceptors (Lipinski definition) is 3. The quantitative estimate of drug-likeness (QED) is 0.624. The van der Waals surface area contributed by atoms with E-state index in [2.05, 4.69) is 4.99 Å². The molecule has 0 unspecified atom stereocenters. The lowest BCUT2D eigenvalue weighted by Crippen LogP contribution is -2.05. The molecular formula is C17H12FNO2. The van der Waals surface area contributed by atoms with E-state index in [4.69, 9.17) is 4.74 Å². The van der Waals surface area contributed by atoms with Crippen LogP contribution in [0.15, 0.2) is 59.2 Å². The third kappa shape index (κ3) is 2.89. The standard InChI is InChI=1S/C17H12FNO2/c1-11-2-6-13(7-3-11)16-19-15(17(20)21-16)10-12-4-8-14(18)9-5-12/h2-10H,1H3/b15-10-. The van der Waals surface area contributed by atoms with Gasteiger partial charge in [0.2, 0.25) is 5.90 Å². The van der Waals surface area contributed by atoms with Crippen molar-refractivity contribution in [3.63, 3.8) is 0 Å². The molecule has 0 atom stereocenters. The van der Waals surface area contributed by atoms with E-state index >= 15 is 0 Å². The van der Waals surface area contributed by atoms with E-state index in [1.54, 1.807) is 18.2 Å². The molecule has 0 fully saturated rings. The fourth-order valence-corrected chi connectivity index (χ4v) is 1.95. The first-order valence-electron chi connectivity index (χ1n) is 6.47. The number of esters is 1. The van der Waals surface area contributed by atoms with E-state index in [0.717, 1.165) is 11.1 Å². The summed E-state index contributed by atoms with van der Waals surface area (Å²) >= 11 is 0. The summed E-state index contributed by atoms with van der Waals surface area (Å²) in [4.78, 5) is 16.0. The summed E-state index contributed by atoms with van der Waals surface area (Å²) in [5, 5.41) is 0. The van der Waals surface area contributed by atoms with Gasteiger partial charge in [0, 0.05) is 5.56 Å². The number of cyclic esters (lactones) is 1. The molecule has 1 aliphatic rings. The van der Waals surface area contributed by atoms with E-state index < -0.39 is 5.97 Å². The Kier molecular flexibility index (Phi) is 3.36. The van der Waals surface area contributed by atoms with Crippen LogP contribution in [0.2, 0.25) is 0 Å². The number of aryl methyl sites for hydroxylation is 1. The maximum Gasteiger partial charge on any atom is 0.363 e. The van der Waals surface area contributed by atoms with E-state index in [9.17, 15) is 9.18 Å². The number of nitrogens with zero attached hydrogens (tertiary/aromatic N) is 1. The van der Waals surface area contributed by atoms with Crippen LogP contribution in [-0.4, -0.2) is 11.9 Å². The van der Waals surface area contributed by atoms with Gasteiger partial charge in [0.25, 0.3) is 0 Å². The molecule has 0 aliphatic carbocycles. The molecule has 0 radical (unpaired) electrons. The molecule has 0 spiro atoms. The minimum Gasteiger partial charge on any atom is -0.402 e. The highest BCUT2D eigenvalue weighted by atomic mass is 19.1. The Morgan fingerprint density at radius 1 is 1.05 bits per heavy atom. The third-order valence-corrected chi connectivity index (χ3v) is 3.09. The predicted octanol–water partition coefficient (Wildman–Crippen LogP) is 3.48. The van der Waals surface area contributed by atoms with Crippen LogP contribution in [0.25, 0.3) is 6.08 Å². The monoisotopic (exact) mass is 281 g/mol. The van der Waals surface area contributed by atoms with Gasteiger partial charge < -0.3 is 4.74 Å². The number of carbonyl (C=O) groups excluding carboxylic acids is 1. The van der Waals surface area contributed by atoms with Gasteiger partial charge in [-0.3, -0.25) is 0 Å². The van der Waals surface area contributed by atoms with Crippen LogP contribution in [-0.2, 0) is 9.53 Å². The molecule has 3 rings (SSSR count). The highest BCUT2D eigenvalue weighted by molar-refractivity contribution is 6.12. The molecule has 1 heterocycles. The van der Waals surface area contributed by atoms with Gasteiger partial charge in [-0.2, -0.15) is 0 Å². The normalized spacial score (nSPS) is 16.0. The lowest BCUT2D eigenvalue weighted by Gasteiger charge is -1.99. The van der Waals surface area contributed by atoms with Crippen molar-refractivity contribution >= 4 is 17.9 Å². The summed E-state index contributed by atoms with van der Waals surface area (Å²) in [7, 11) is 0. The van der Waals surface area contributed by atoms with E-state index in [1.807, 2.05) is 31.2 Å².